The molecule has 2 aromatic carbocycles. The molecular formula is C27H32BrN5O4S. The second-order valence-electron chi connectivity index (χ2n) is 9.90. The van der Waals surface area contributed by atoms with Crippen LogP contribution in [0.25, 0.3) is 11.4 Å². The second-order valence-corrected chi connectivity index (χ2v) is 12.8. The number of nitrogens with zero attached hydrogens (tertiary/aromatic N) is 4. The van der Waals surface area contributed by atoms with Gasteiger partial charge in [-0.25, -0.2) is 8.42 Å². The van der Waals surface area contributed by atoms with Crippen LogP contribution in [0.4, 0.5) is 5.69 Å². The van der Waals surface area contributed by atoms with E-state index in [1.165, 1.54) is 0 Å². The van der Waals surface area contributed by atoms with Crippen LogP contribution >= 0.6 is 15.9 Å². The minimum absolute atomic E-state index is 0.0393. The molecule has 11 heteroatoms. The van der Waals surface area contributed by atoms with E-state index < -0.39 is 10.0 Å². The first kappa shape index (κ1) is 27.0. The third-order valence-electron chi connectivity index (χ3n) is 7.19. The number of likely N-dealkylation sites (tertiary alicyclic amines) is 1. The summed E-state index contributed by atoms with van der Waals surface area (Å²) in [7, 11) is -3.50. The lowest BCUT2D eigenvalue weighted by Gasteiger charge is -2.30. The van der Waals surface area contributed by atoms with Crippen LogP contribution in [0.2, 0.25) is 0 Å². The molecule has 3 heterocycles. The molecule has 2 aliphatic heterocycles. The van der Waals surface area contributed by atoms with Crippen LogP contribution in [-0.4, -0.2) is 59.8 Å². The molecule has 0 saturated carbocycles. The third kappa shape index (κ3) is 6.51. The first-order chi connectivity index (χ1) is 18.4. The summed E-state index contributed by atoms with van der Waals surface area (Å²) in [6.45, 7) is 3.18. The van der Waals surface area contributed by atoms with Crippen molar-refractivity contribution in [3.8, 4) is 11.4 Å². The fourth-order valence-electron chi connectivity index (χ4n) is 4.99. The predicted octanol–water partition coefficient (Wildman–Crippen LogP) is 4.91. The smallest absolute Gasteiger partial charge is 0.243 e. The van der Waals surface area contributed by atoms with Gasteiger partial charge in [-0.3, -0.25) is 9.69 Å². The molecular weight excluding hydrogens is 570 g/mol. The minimum atomic E-state index is -3.50. The zero-order valence-electron chi connectivity index (χ0n) is 21.2. The molecule has 38 heavy (non-hydrogen) atoms. The van der Waals surface area contributed by atoms with Gasteiger partial charge in [-0.05, 0) is 75.2 Å². The molecule has 5 rings (SSSR count). The molecule has 9 nitrogen and oxygen atoms in total. The van der Waals surface area contributed by atoms with Gasteiger partial charge in [0.2, 0.25) is 27.6 Å². The number of carbonyl (C=O) groups is 1. The number of benzene rings is 2. The highest BCUT2D eigenvalue weighted by Crippen LogP contribution is 2.25. The fraction of sp³-hybridized carbons (Fsp3) is 0.444. The highest BCUT2D eigenvalue weighted by atomic mass is 79.9. The van der Waals surface area contributed by atoms with Gasteiger partial charge in [0.05, 0.1) is 11.4 Å². The van der Waals surface area contributed by atoms with Gasteiger partial charge in [0.1, 0.15) is 0 Å². The Morgan fingerprint density at radius 1 is 1.00 bits per heavy atom. The Hall–Kier alpha value is -2.60. The molecule has 0 radical (unpaired) electrons. The Morgan fingerprint density at radius 3 is 2.39 bits per heavy atom. The summed E-state index contributed by atoms with van der Waals surface area (Å²) in [6.07, 6.45) is 5.38. The molecule has 2 aliphatic rings. The van der Waals surface area contributed by atoms with Gasteiger partial charge in [-0.15, -0.1) is 0 Å². The molecule has 1 N–H and O–H groups in total. The topological polar surface area (TPSA) is 109 Å². The molecule has 0 spiro atoms. The van der Waals surface area contributed by atoms with Gasteiger partial charge in [-0.1, -0.05) is 46.1 Å². The van der Waals surface area contributed by atoms with Gasteiger partial charge in [-0.2, -0.15) is 9.29 Å². The number of anilines is 1. The molecule has 0 unspecified atom stereocenters. The van der Waals surface area contributed by atoms with Gasteiger partial charge >= 0.3 is 0 Å². The summed E-state index contributed by atoms with van der Waals surface area (Å²) in [5, 5.41) is 7.06. The Bertz CT molecular complexity index is 1350. The maximum absolute atomic E-state index is 13.0. The zero-order chi connectivity index (χ0) is 26.5. The van der Waals surface area contributed by atoms with Crippen molar-refractivity contribution < 1.29 is 17.7 Å². The summed E-state index contributed by atoms with van der Waals surface area (Å²) >= 11 is 3.46. The van der Waals surface area contributed by atoms with E-state index in [0.717, 1.165) is 61.7 Å². The number of carbonyl (C=O) groups excluding carboxylic acids is 1. The molecule has 3 aromatic rings. The third-order valence-corrected chi connectivity index (χ3v) is 9.60. The number of halogens is 1. The van der Waals surface area contributed by atoms with Crippen LogP contribution in [0.1, 0.15) is 44.4 Å². The standard InChI is InChI=1S/C27H32BrN5O4S/c28-22-7-5-6-21(18-22)26-30-25(37-31-26)19-32-16-12-20(13-17-32)27(34)29-23-8-10-24(11-9-23)38(35,36)33-14-3-1-2-4-15-33/h5-11,18,20H,1-4,12-17,19H2,(H,29,34). The first-order valence-corrected chi connectivity index (χ1v) is 15.3. The van der Waals surface area contributed by atoms with Gasteiger partial charge in [0.15, 0.2) is 0 Å². The maximum atomic E-state index is 13.0. The average molecular weight is 603 g/mol. The van der Waals surface area contributed by atoms with E-state index in [0.29, 0.717) is 37.0 Å². The van der Waals surface area contributed by atoms with E-state index in [1.54, 1.807) is 28.6 Å². The summed E-state index contributed by atoms with van der Waals surface area (Å²) in [4.78, 5) is 19.9. The van der Waals surface area contributed by atoms with Crippen LogP contribution < -0.4 is 5.32 Å². The quantitative estimate of drug-likeness (QED) is 0.409. The van der Waals surface area contributed by atoms with E-state index in [4.69, 9.17) is 4.52 Å². The van der Waals surface area contributed by atoms with Crippen LogP contribution in [0.15, 0.2) is 62.4 Å². The summed E-state index contributed by atoms with van der Waals surface area (Å²) in [5.41, 5.74) is 1.50. The van der Waals surface area contributed by atoms with Crippen molar-refractivity contribution in [1.29, 1.82) is 0 Å². The molecule has 1 amide bonds. The normalized spacial score (nSPS) is 18.2. The predicted molar refractivity (Wildman–Crippen MR) is 148 cm³/mol. The Morgan fingerprint density at radius 2 is 1.71 bits per heavy atom. The van der Waals surface area contributed by atoms with Crippen molar-refractivity contribution in [2.75, 3.05) is 31.5 Å². The van der Waals surface area contributed by atoms with Crippen molar-refractivity contribution in [3.63, 3.8) is 0 Å². The van der Waals surface area contributed by atoms with E-state index in [1.807, 2.05) is 24.3 Å². The number of rotatable bonds is 7. The van der Waals surface area contributed by atoms with Crippen molar-refractivity contribution in [1.82, 2.24) is 19.3 Å². The SMILES string of the molecule is O=C(Nc1ccc(S(=O)(=O)N2CCCCCC2)cc1)C1CCN(Cc2nc(-c3cccc(Br)c3)no2)CC1. The van der Waals surface area contributed by atoms with E-state index >= 15 is 0 Å². The molecule has 0 aliphatic carbocycles. The second kappa shape index (κ2) is 12.1. The van der Waals surface area contributed by atoms with Crippen LogP contribution in [0.5, 0.6) is 0 Å². The number of hydrogen-bond acceptors (Lipinski definition) is 7. The monoisotopic (exact) mass is 601 g/mol. The van der Waals surface area contributed by atoms with Crippen LogP contribution in [0.3, 0.4) is 0 Å². The van der Waals surface area contributed by atoms with E-state index in [-0.39, 0.29) is 16.7 Å². The molecule has 1 aromatic heterocycles. The summed E-state index contributed by atoms with van der Waals surface area (Å²) in [5.74, 6) is 0.966. The lowest BCUT2D eigenvalue weighted by Crippen LogP contribution is -2.37. The lowest BCUT2D eigenvalue weighted by molar-refractivity contribution is -0.121. The zero-order valence-corrected chi connectivity index (χ0v) is 23.6. The Kier molecular flexibility index (Phi) is 8.57. The van der Waals surface area contributed by atoms with Crippen molar-refractivity contribution in [3.05, 3.63) is 58.9 Å². The number of hydrogen-bond donors (Lipinski definition) is 1. The molecule has 0 bridgehead atoms. The van der Waals surface area contributed by atoms with Crippen molar-refractivity contribution >= 4 is 37.5 Å². The van der Waals surface area contributed by atoms with Gasteiger partial charge in [0, 0.05) is 34.7 Å². The minimum Gasteiger partial charge on any atom is -0.338 e. The Labute approximate surface area is 231 Å². The first-order valence-electron chi connectivity index (χ1n) is 13.1. The van der Waals surface area contributed by atoms with Crippen LogP contribution in [-0.2, 0) is 21.4 Å². The van der Waals surface area contributed by atoms with E-state index in [9.17, 15) is 13.2 Å². The molecule has 202 valence electrons. The van der Waals surface area contributed by atoms with Gasteiger partial charge in [0.25, 0.3) is 0 Å². The number of nitrogens with one attached hydrogen (secondary N) is 1. The lowest BCUT2D eigenvalue weighted by atomic mass is 9.96. The van der Waals surface area contributed by atoms with Crippen molar-refractivity contribution in [2.45, 2.75) is 50.0 Å². The van der Waals surface area contributed by atoms with Crippen molar-refractivity contribution in [2.24, 2.45) is 5.92 Å². The van der Waals surface area contributed by atoms with Crippen LogP contribution in [0, 0.1) is 5.92 Å². The number of piperidine rings is 1. The number of sulfonamides is 1. The highest BCUT2D eigenvalue weighted by Gasteiger charge is 2.27. The van der Waals surface area contributed by atoms with Gasteiger partial charge < -0.3 is 9.84 Å². The maximum Gasteiger partial charge on any atom is 0.243 e. The molecule has 2 saturated heterocycles. The Balaban J connectivity index is 1.11. The fourth-order valence-corrected chi connectivity index (χ4v) is 6.91. The molecule has 0 atom stereocenters. The average Bonchev–Trinajstić information content (AvgIpc) is 3.20. The largest absolute Gasteiger partial charge is 0.338 e. The summed E-state index contributed by atoms with van der Waals surface area (Å²) in [6, 6.07) is 14.3. The number of amides is 1. The number of aromatic nitrogens is 2. The highest BCUT2D eigenvalue weighted by molar-refractivity contribution is 9.10. The summed E-state index contributed by atoms with van der Waals surface area (Å²) < 4.78 is 34.0. The van der Waals surface area contributed by atoms with E-state index in [2.05, 4.69) is 36.3 Å². The molecule has 2 fully saturated rings.